The minimum absolute atomic E-state index is 0.0923. The molecule has 1 N–H and O–H groups in total. The van der Waals surface area contributed by atoms with E-state index in [9.17, 15) is 4.79 Å². The third-order valence-corrected chi connectivity index (χ3v) is 4.21. The van der Waals surface area contributed by atoms with Crippen LogP contribution in [0.15, 0.2) is 40.9 Å². The van der Waals surface area contributed by atoms with Crippen LogP contribution < -0.4 is 14.8 Å². The van der Waals surface area contributed by atoms with Gasteiger partial charge in [-0.3, -0.25) is 4.79 Å². The van der Waals surface area contributed by atoms with Gasteiger partial charge in [0.2, 0.25) is 0 Å². The summed E-state index contributed by atoms with van der Waals surface area (Å²) in [7, 11) is 0. The van der Waals surface area contributed by atoms with Crippen molar-refractivity contribution in [2.45, 2.75) is 13.8 Å². The highest BCUT2D eigenvalue weighted by Crippen LogP contribution is 2.27. The molecule has 1 amide bonds. The van der Waals surface area contributed by atoms with Crippen molar-refractivity contribution < 1.29 is 14.3 Å². The molecule has 0 aliphatic rings. The van der Waals surface area contributed by atoms with Crippen molar-refractivity contribution in [3.63, 3.8) is 0 Å². The molecule has 2 rings (SSSR count). The van der Waals surface area contributed by atoms with Gasteiger partial charge in [-0.25, -0.2) is 0 Å². The molecule has 0 saturated carbocycles. The van der Waals surface area contributed by atoms with E-state index in [4.69, 9.17) is 21.1 Å². The molecular formula is C18H19BrClNO3. The summed E-state index contributed by atoms with van der Waals surface area (Å²) >= 11 is 9.34. The Bertz CT molecular complexity index is 721. The molecule has 4 nitrogen and oxygen atoms in total. The van der Waals surface area contributed by atoms with Gasteiger partial charge in [-0.1, -0.05) is 33.6 Å². The van der Waals surface area contributed by atoms with Gasteiger partial charge in [-0.15, -0.1) is 0 Å². The topological polar surface area (TPSA) is 47.6 Å². The van der Waals surface area contributed by atoms with Crippen LogP contribution in [0.5, 0.6) is 11.5 Å². The van der Waals surface area contributed by atoms with E-state index in [0.717, 1.165) is 10.2 Å². The van der Waals surface area contributed by atoms with E-state index in [1.165, 1.54) is 11.1 Å². The summed E-state index contributed by atoms with van der Waals surface area (Å²) in [6.45, 7) is 4.80. The summed E-state index contributed by atoms with van der Waals surface area (Å²) in [5.74, 6) is 1.05. The highest BCUT2D eigenvalue weighted by atomic mass is 79.9. The van der Waals surface area contributed by atoms with Crippen LogP contribution in [0.1, 0.15) is 11.1 Å². The first-order valence-corrected chi connectivity index (χ1v) is 8.67. The Morgan fingerprint density at radius 3 is 2.62 bits per heavy atom. The number of hydrogen-bond donors (Lipinski definition) is 1. The molecular weight excluding hydrogens is 394 g/mol. The standard InChI is InChI=1S/C18H19BrClNO3/c1-12-3-5-15(9-13(12)2)23-8-7-21-18(22)11-24-17-6-4-14(19)10-16(17)20/h3-6,9-10H,7-8,11H2,1-2H3,(H,21,22). The SMILES string of the molecule is Cc1ccc(OCCNC(=O)COc2ccc(Br)cc2Cl)cc1C. The number of aryl methyl sites for hydroxylation is 2. The largest absolute Gasteiger partial charge is 0.492 e. The molecule has 0 bridgehead atoms. The Balaban J connectivity index is 1.68. The maximum Gasteiger partial charge on any atom is 0.258 e. The molecule has 128 valence electrons. The number of carbonyl (C=O) groups excluding carboxylic acids is 1. The van der Waals surface area contributed by atoms with Crippen LogP contribution in [0.2, 0.25) is 5.02 Å². The summed E-state index contributed by atoms with van der Waals surface area (Å²) < 4.78 is 11.9. The lowest BCUT2D eigenvalue weighted by Gasteiger charge is -2.10. The summed E-state index contributed by atoms with van der Waals surface area (Å²) in [6.07, 6.45) is 0. The summed E-state index contributed by atoms with van der Waals surface area (Å²) in [4.78, 5) is 11.8. The average molecular weight is 413 g/mol. The highest BCUT2D eigenvalue weighted by Gasteiger charge is 2.06. The van der Waals surface area contributed by atoms with Crippen molar-refractivity contribution >= 4 is 33.4 Å². The first-order valence-electron chi connectivity index (χ1n) is 7.50. The molecule has 0 radical (unpaired) electrons. The molecule has 0 aromatic heterocycles. The van der Waals surface area contributed by atoms with Crippen molar-refractivity contribution in [3.05, 3.63) is 57.0 Å². The van der Waals surface area contributed by atoms with E-state index in [1.807, 2.05) is 25.1 Å². The van der Waals surface area contributed by atoms with Crippen LogP contribution in [0, 0.1) is 13.8 Å². The highest BCUT2D eigenvalue weighted by molar-refractivity contribution is 9.10. The quantitative estimate of drug-likeness (QED) is 0.690. The number of halogens is 2. The van der Waals surface area contributed by atoms with Crippen molar-refractivity contribution in [3.8, 4) is 11.5 Å². The van der Waals surface area contributed by atoms with Gasteiger partial charge < -0.3 is 14.8 Å². The van der Waals surface area contributed by atoms with Gasteiger partial charge in [-0.2, -0.15) is 0 Å². The van der Waals surface area contributed by atoms with Crippen LogP contribution in [0.3, 0.4) is 0 Å². The third-order valence-electron chi connectivity index (χ3n) is 3.42. The zero-order valence-corrected chi connectivity index (χ0v) is 15.9. The second-order valence-electron chi connectivity index (χ2n) is 5.31. The number of ether oxygens (including phenoxy) is 2. The van der Waals surface area contributed by atoms with Gasteiger partial charge in [0.25, 0.3) is 5.91 Å². The molecule has 0 heterocycles. The Morgan fingerprint density at radius 1 is 1.12 bits per heavy atom. The number of amides is 1. The number of carbonyl (C=O) groups is 1. The maximum atomic E-state index is 11.8. The Morgan fingerprint density at radius 2 is 1.92 bits per heavy atom. The normalized spacial score (nSPS) is 10.3. The lowest BCUT2D eigenvalue weighted by Crippen LogP contribution is -2.32. The maximum absolute atomic E-state index is 11.8. The summed E-state index contributed by atoms with van der Waals surface area (Å²) in [5.41, 5.74) is 2.40. The monoisotopic (exact) mass is 411 g/mol. The summed E-state index contributed by atoms with van der Waals surface area (Å²) in [5, 5.41) is 3.19. The van der Waals surface area contributed by atoms with E-state index < -0.39 is 0 Å². The van der Waals surface area contributed by atoms with Gasteiger partial charge in [0, 0.05) is 4.47 Å². The smallest absolute Gasteiger partial charge is 0.258 e. The predicted octanol–water partition coefficient (Wildman–Crippen LogP) is 4.29. The zero-order chi connectivity index (χ0) is 17.5. The van der Waals surface area contributed by atoms with Gasteiger partial charge in [-0.05, 0) is 55.3 Å². The molecule has 0 spiro atoms. The molecule has 6 heteroatoms. The minimum atomic E-state index is -0.224. The van der Waals surface area contributed by atoms with Gasteiger partial charge in [0.15, 0.2) is 6.61 Å². The minimum Gasteiger partial charge on any atom is -0.492 e. The van der Waals surface area contributed by atoms with Crippen molar-refractivity contribution in [1.82, 2.24) is 5.32 Å². The lowest BCUT2D eigenvalue weighted by atomic mass is 10.1. The third kappa shape index (κ3) is 5.73. The fourth-order valence-corrected chi connectivity index (χ4v) is 2.68. The Kier molecular flexibility index (Phi) is 6.94. The molecule has 0 aliphatic heterocycles. The Hall–Kier alpha value is -1.72. The van der Waals surface area contributed by atoms with Crippen LogP contribution >= 0.6 is 27.5 Å². The molecule has 0 unspecified atom stereocenters. The number of nitrogens with one attached hydrogen (secondary N) is 1. The fourth-order valence-electron chi connectivity index (χ4n) is 1.95. The molecule has 0 fully saturated rings. The van der Waals surface area contributed by atoms with E-state index in [2.05, 4.69) is 28.2 Å². The van der Waals surface area contributed by atoms with Gasteiger partial charge >= 0.3 is 0 Å². The average Bonchev–Trinajstić information content (AvgIpc) is 2.54. The summed E-state index contributed by atoms with van der Waals surface area (Å²) in [6, 6.07) is 11.1. The molecule has 2 aromatic rings. The van der Waals surface area contributed by atoms with Crippen molar-refractivity contribution in [2.24, 2.45) is 0 Å². The van der Waals surface area contributed by atoms with Gasteiger partial charge in [0.05, 0.1) is 11.6 Å². The molecule has 2 aromatic carbocycles. The van der Waals surface area contributed by atoms with Crippen molar-refractivity contribution in [2.75, 3.05) is 19.8 Å². The van der Waals surface area contributed by atoms with Crippen LogP contribution in [0.4, 0.5) is 0 Å². The van der Waals surface area contributed by atoms with E-state index in [1.54, 1.807) is 18.2 Å². The lowest BCUT2D eigenvalue weighted by molar-refractivity contribution is -0.123. The number of benzene rings is 2. The first kappa shape index (κ1) is 18.6. The fraction of sp³-hybridized carbons (Fsp3) is 0.278. The first-order chi connectivity index (χ1) is 11.5. The van der Waals surface area contributed by atoms with Gasteiger partial charge in [0.1, 0.15) is 18.1 Å². The predicted molar refractivity (Wildman–Crippen MR) is 99.1 cm³/mol. The van der Waals surface area contributed by atoms with Crippen molar-refractivity contribution in [1.29, 1.82) is 0 Å². The second-order valence-corrected chi connectivity index (χ2v) is 6.63. The number of hydrogen-bond acceptors (Lipinski definition) is 3. The number of rotatable bonds is 7. The van der Waals surface area contributed by atoms with Crippen LogP contribution in [-0.4, -0.2) is 25.7 Å². The second kappa shape index (κ2) is 8.94. The zero-order valence-electron chi connectivity index (χ0n) is 13.6. The molecule has 0 atom stereocenters. The van der Waals surface area contributed by atoms with Crippen LogP contribution in [-0.2, 0) is 4.79 Å². The van der Waals surface area contributed by atoms with E-state index in [0.29, 0.717) is 23.9 Å². The van der Waals surface area contributed by atoms with E-state index in [-0.39, 0.29) is 12.5 Å². The molecule has 0 saturated heterocycles. The molecule has 0 aliphatic carbocycles. The Labute approximate surface area is 155 Å². The van der Waals surface area contributed by atoms with Crippen LogP contribution in [0.25, 0.3) is 0 Å². The molecule has 24 heavy (non-hydrogen) atoms. The van der Waals surface area contributed by atoms with E-state index >= 15 is 0 Å².